The van der Waals surface area contributed by atoms with Crippen molar-refractivity contribution in [1.29, 1.82) is 0 Å². The van der Waals surface area contributed by atoms with Crippen molar-refractivity contribution >= 4 is 56.1 Å². The molecule has 13 heteroatoms. The molecule has 4 amide bonds. The Morgan fingerprint density at radius 2 is 1.74 bits per heavy atom. The second-order valence-corrected chi connectivity index (χ2v) is 13.4. The maximum atomic E-state index is 13.5. The van der Waals surface area contributed by atoms with Crippen LogP contribution in [0.4, 0.5) is 26.1 Å². The highest BCUT2D eigenvalue weighted by atomic mass is 32.1. The third-order valence-corrected chi connectivity index (χ3v) is 8.23. The number of hydrogen-bond acceptors (Lipinski definition) is 9. The lowest BCUT2D eigenvalue weighted by atomic mass is 10.2. The lowest BCUT2D eigenvalue weighted by Gasteiger charge is -2.28. The van der Waals surface area contributed by atoms with Gasteiger partial charge in [-0.1, -0.05) is 35.6 Å². The first-order chi connectivity index (χ1) is 22.5. The molecule has 4 aromatic rings. The highest BCUT2D eigenvalue weighted by Crippen LogP contribution is 2.27. The molecule has 0 spiro atoms. The lowest BCUT2D eigenvalue weighted by molar-refractivity contribution is 0.0365. The minimum absolute atomic E-state index is 0.189. The molecule has 5 rings (SSSR count). The van der Waals surface area contributed by atoms with Crippen molar-refractivity contribution in [1.82, 2.24) is 19.8 Å². The monoisotopic (exact) mass is 659 g/mol. The fraction of sp³-hybridized carbons (Fsp3) is 0.382. The first-order valence-electron chi connectivity index (χ1n) is 15.6. The van der Waals surface area contributed by atoms with E-state index < -0.39 is 17.6 Å². The van der Waals surface area contributed by atoms with Gasteiger partial charge in [0.15, 0.2) is 5.13 Å². The number of aromatic nitrogens is 2. The van der Waals surface area contributed by atoms with Gasteiger partial charge in [-0.2, -0.15) is 0 Å². The summed E-state index contributed by atoms with van der Waals surface area (Å²) in [6.45, 7) is 12.2. The smallest absolute Gasteiger partial charge is 0.412 e. The SMILES string of the molecule is Cc1ccc2nc(NC(=O)N(CCCN3CCOCC3)Cc3ccc(C(=O)Nc4ccccc4NC(=O)OC(C)(C)C)nc3)sc2c1. The number of thiazole rings is 1. The molecule has 1 saturated heterocycles. The van der Waals surface area contributed by atoms with Crippen LogP contribution in [0.2, 0.25) is 0 Å². The highest BCUT2D eigenvalue weighted by molar-refractivity contribution is 7.22. The fourth-order valence-electron chi connectivity index (χ4n) is 4.99. The van der Waals surface area contributed by atoms with Crippen LogP contribution in [-0.4, -0.2) is 82.8 Å². The van der Waals surface area contributed by atoms with E-state index in [1.54, 1.807) is 68.3 Å². The molecule has 0 aliphatic carbocycles. The normalized spacial score (nSPS) is 13.6. The number of morpholine rings is 1. The Morgan fingerprint density at radius 1 is 1.00 bits per heavy atom. The Bertz CT molecular complexity index is 1700. The Hall–Kier alpha value is -4.59. The van der Waals surface area contributed by atoms with E-state index >= 15 is 0 Å². The van der Waals surface area contributed by atoms with Crippen molar-refractivity contribution in [2.24, 2.45) is 0 Å². The van der Waals surface area contributed by atoms with Crippen molar-refractivity contribution in [2.45, 2.75) is 46.3 Å². The zero-order valence-corrected chi connectivity index (χ0v) is 28.0. The third-order valence-electron chi connectivity index (χ3n) is 7.29. The molecule has 0 bridgehead atoms. The molecule has 0 radical (unpaired) electrons. The molecule has 12 nitrogen and oxygen atoms in total. The Morgan fingerprint density at radius 3 is 2.45 bits per heavy atom. The van der Waals surface area contributed by atoms with Gasteiger partial charge in [0.2, 0.25) is 0 Å². The number of rotatable bonds is 10. The van der Waals surface area contributed by atoms with Crippen molar-refractivity contribution in [3.8, 4) is 0 Å². The summed E-state index contributed by atoms with van der Waals surface area (Å²) in [5.74, 6) is -0.443. The topological polar surface area (TPSA) is 138 Å². The third kappa shape index (κ3) is 9.95. The van der Waals surface area contributed by atoms with Gasteiger partial charge < -0.3 is 19.7 Å². The van der Waals surface area contributed by atoms with E-state index in [2.05, 4.69) is 36.9 Å². The zero-order valence-electron chi connectivity index (χ0n) is 27.2. The fourth-order valence-corrected chi connectivity index (χ4v) is 5.95. The van der Waals surface area contributed by atoms with Gasteiger partial charge in [0.25, 0.3) is 5.91 Å². The van der Waals surface area contributed by atoms with Crippen molar-refractivity contribution in [3.63, 3.8) is 0 Å². The predicted octanol–water partition coefficient (Wildman–Crippen LogP) is 6.36. The summed E-state index contributed by atoms with van der Waals surface area (Å²) in [6.07, 6.45) is 1.76. The molecule has 3 N–H and O–H groups in total. The number of aryl methyl sites for hydroxylation is 1. The summed E-state index contributed by atoms with van der Waals surface area (Å²) < 4.78 is 11.8. The largest absolute Gasteiger partial charge is 0.444 e. The number of ether oxygens (including phenoxy) is 2. The van der Waals surface area contributed by atoms with Crippen molar-refractivity contribution < 1.29 is 23.9 Å². The molecule has 1 aliphatic heterocycles. The number of hydrogen-bond donors (Lipinski definition) is 3. The van der Waals surface area contributed by atoms with Gasteiger partial charge in [-0.15, -0.1) is 0 Å². The van der Waals surface area contributed by atoms with Crippen molar-refractivity contribution in [3.05, 3.63) is 77.6 Å². The molecular weight excluding hydrogens is 618 g/mol. The lowest BCUT2D eigenvalue weighted by Crippen LogP contribution is -2.40. The average molecular weight is 660 g/mol. The summed E-state index contributed by atoms with van der Waals surface area (Å²) in [6, 6.07) is 16.0. The summed E-state index contributed by atoms with van der Waals surface area (Å²) in [5, 5.41) is 9.01. The molecule has 0 atom stereocenters. The Balaban J connectivity index is 1.24. The van der Waals surface area contributed by atoms with Crippen LogP contribution in [0.25, 0.3) is 10.2 Å². The number of nitrogens with one attached hydrogen (secondary N) is 3. The number of fused-ring (bicyclic) bond motifs is 1. The van der Waals surface area contributed by atoms with Gasteiger partial charge in [-0.25, -0.2) is 14.6 Å². The molecule has 3 heterocycles. The second kappa shape index (κ2) is 15.3. The van der Waals surface area contributed by atoms with Gasteiger partial charge in [-0.05, 0) is 75.6 Å². The average Bonchev–Trinajstić information content (AvgIpc) is 3.42. The minimum atomic E-state index is -0.665. The van der Waals surface area contributed by atoms with Gasteiger partial charge >= 0.3 is 12.1 Å². The van der Waals surface area contributed by atoms with Gasteiger partial charge in [0, 0.05) is 38.9 Å². The van der Waals surface area contributed by atoms with Crippen LogP contribution < -0.4 is 16.0 Å². The zero-order chi connectivity index (χ0) is 33.4. The molecule has 0 unspecified atom stereocenters. The van der Waals surface area contributed by atoms with E-state index in [1.165, 1.54) is 11.3 Å². The van der Waals surface area contributed by atoms with Crippen LogP contribution in [-0.2, 0) is 16.0 Å². The van der Waals surface area contributed by atoms with Crippen LogP contribution in [0.3, 0.4) is 0 Å². The number of anilines is 3. The number of nitrogens with zero attached hydrogens (tertiary/aromatic N) is 4. The summed E-state index contributed by atoms with van der Waals surface area (Å²) >= 11 is 1.44. The first-order valence-corrected chi connectivity index (χ1v) is 16.4. The minimum Gasteiger partial charge on any atom is -0.444 e. The number of benzene rings is 2. The molecule has 47 heavy (non-hydrogen) atoms. The summed E-state index contributed by atoms with van der Waals surface area (Å²) in [4.78, 5) is 52.0. The van der Waals surface area contributed by atoms with Crippen molar-refractivity contribution in [2.75, 3.05) is 55.3 Å². The molecule has 0 saturated carbocycles. The Kier molecular flexibility index (Phi) is 11.0. The molecular formula is C34H41N7O5S. The van der Waals surface area contributed by atoms with Gasteiger partial charge in [0.1, 0.15) is 11.3 Å². The molecule has 2 aromatic heterocycles. The number of amides is 4. The maximum absolute atomic E-state index is 13.5. The van der Waals surface area contributed by atoms with E-state index in [1.807, 2.05) is 19.1 Å². The number of para-hydroxylation sites is 2. The van der Waals surface area contributed by atoms with Crippen LogP contribution in [0, 0.1) is 6.92 Å². The van der Waals surface area contributed by atoms with Gasteiger partial charge in [0.05, 0.1) is 34.8 Å². The first kappa shape index (κ1) is 33.8. The summed E-state index contributed by atoms with van der Waals surface area (Å²) in [5.41, 5.74) is 3.08. The maximum Gasteiger partial charge on any atom is 0.412 e. The quantitative estimate of drug-likeness (QED) is 0.179. The van der Waals surface area contributed by atoms with Crippen LogP contribution >= 0.6 is 11.3 Å². The Labute approximate surface area is 278 Å². The molecule has 2 aromatic carbocycles. The molecule has 1 aliphatic rings. The van der Waals surface area contributed by atoms with Crippen LogP contribution in [0.1, 0.15) is 48.8 Å². The van der Waals surface area contributed by atoms with Crippen LogP contribution in [0.5, 0.6) is 0 Å². The van der Waals surface area contributed by atoms with E-state index in [9.17, 15) is 14.4 Å². The number of carbonyl (C=O) groups is 3. The predicted molar refractivity (Wildman–Crippen MR) is 184 cm³/mol. The number of carbonyl (C=O) groups excluding carboxylic acids is 3. The summed E-state index contributed by atoms with van der Waals surface area (Å²) in [7, 11) is 0. The van der Waals surface area contributed by atoms with E-state index in [4.69, 9.17) is 9.47 Å². The molecule has 1 fully saturated rings. The molecule has 248 valence electrons. The number of urea groups is 1. The second-order valence-electron chi connectivity index (χ2n) is 12.3. The number of pyridine rings is 1. The van der Waals surface area contributed by atoms with E-state index in [-0.39, 0.29) is 11.7 Å². The van der Waals surface area contributed by atoms with E-state index in [0.717, 1.165) is 60.6 Å². The van der Waals surface area contributed by atoms with Gasteiger partial charge in [-0.3, -0.25) is 25.3 Å². The highest BCUT2D eigenvalue weighted by Gasteiger charge is 2.20. The van der Waals surface area contributed by atoms with E-state index in [0.29, 0.717) is 29.6 Å². The standard InChI is InChI=1S/C34H41N7O5S/c1-23-10-12-27-29(20-23)47-31(37-27)39-32(43)41(15-7-14-40-16-18-45-19-17-40)22-24-11-13-28(35-21-24)30(42)36-25-8-5-6-9-26(25)38-33(44)46-34(2,3)4/h5-6,8-13,20-21H,7,14-19,22H2,1-4H3,(H,36,42)(H,38,44)(H,37,39,43). The van der Waals surface area contributed by atoms with Crippen LogP contribution in [0.15, 0.2) is 60.8 Å².